The summed E-state index contributed by atoms with van der Waals surface area (Å²) in [6.07, 6.45) is 7.11. The molecule has 0 saturated heterocycles. The van der Waals surface area contributed by atoms with Gasteiger partial charge in [0.15, 0.2) is 5.65 Å². The van der Waals surface area contributed by atoms with Crippen molar-refractivity contribution in [2.75, 3.05) is 10.6 Å². The summed E-state index contributed by atoms with van der Waals surface area (Å²) in [7, 11) is 0. The van der Waals surface area contributed by atoms with E-state index in [1.807, 2.05) is 10.6 Å². The molecule has 2 fully saturated rings. The second-order valence-corrected chi connectivity index (χ2v) is 10.2. The van der Waals surface area contributed by atoms with Gasteiger partial charge in [-0.3, -0.25) is 9.36 Å². The molecular formula is C25H28ClFN8O2. The zero-order valence-electron chi connectivity index (χ0n) is 20.1. The highest BCUT2D eigenvalue weighted by Gasteiger charge is 2.30. The lowest BCUT2D eigenvalue weighted by Crippen LogP contribution is -2.30. The number of aliphatic hydroxyl groups is 1. The average Bonchev–Trinajstić information content (AvgIpc) is 3.23. The van der Waals surface area contributed by atoms with E-state index in [4.69, 9.17) is 27.6 Å². The van der Waals surface area contributed by atoms with Gasteiger partial charge in [0, 0.05) is 18.0 Å². The molecule has 12 heteroatoms. The molecule has 2 atom stereocenters. The minimum absolute atomic E-state index is 0.00513. The SMILES string of the molecule is N#Cc1cc(F)c(Nc2nc3cnc(N[C@H]4CCC[C@H](O)C4)nc3n2[C@H]2CC[C@@H](C(N)=O)CC2)c(Cl)c1. The maximum Gasteiger partial charge on any atom is 0.224 e. The van der Waals surface area contributed by atoms with E-state index < -0.39 is 5.82 Å². The van der Waals surface area contributed by atoms with Crippen molar-refractivity contribution in [2.24, 2.45) is 11.7 Å². The van der Waals surface area contributed by atoms with Crippen LogP contribution in [0.4, 0.5) is 22.0 Å². The molecule has 0 radical (unpaired) electrons. The highest BCUT2D eigenvalue weighted by molar-refractivity contribution is 6.33. The van der Waals surface area contributed by atoms with Crippen LogP contribution in [0.5, 0.6) is 0 Å². The quantitative estimate of drug-likeness (QED) is 0.373. The monoisotopic (exact) mass is 526 g/mol. The number of aromatic nitrogens is 4. The normalized spacial score (nSPS) is 23.9. The summed E-state index contributed by atoms with van der Waals surface area (Å²) in [4.78, 5) is 25.5. The minimum Gasteiger partial charge on any atom is -0.393 e. The smallest absolute Gasteiger partial charge is 0.224 e. The fourth-order valence-corrected chi connectivity index (χ4v) is 5.61. The van der Waals surface area contributed by atoms with Crippen molar-refractivity contribution in [1.82, 2.24) is 19.5 Å². The third-order valence-corrected chi connectivity index (χ3v) is 7.58. The van der Waals surface area contributed by atoms with Crippen LogP contribution in [-0.2, 0) is 4.79 Å². The first-order valence-corrected chi connectivity index (χ1v) is 12.8. The molecule has 37 heavy (non-hydrogen) atoms. The molecule has 2 heterocycles. The molecule has 0 spiro atoms. The first-order valence-electron chi connectivity index (χ1n) is 12.5. The number of halogens is 2. The van der Waals surface area contributed by atoms with Gasteiger partial charge in [-0.25, -0.2) is 14.4 Å². The van der Waals surface area contributed by atoms with E-state index in [9.17, 15) is 14.3 Å². The van der Waals surface area contributed by atoms with Gasteiger partial charge in [-0.05, 0) is 63.5 Å². The molecule has 3 aromatic rings. The van der Waals surface area contributed by atoms with Crippen LogP contribution in [0.25, 0.3) is 11.2 Å². The molecule has 10 nitrogen and oxygen atoms in total. The lowest BCUT2D eigenvalue weighted by Gasteiger charge is -2.29. The van der Waals surface area contributed by atoms with Gasteiger partial charge in [-0.2, -0.15) is 10.2 Å². The van der Waals surface area contributed by atoms with Gasteiger partial charge >= 0.3 is 0 Å². The predicted octanol–water partition coefficient (Wildman–Crippen LogP) is 4.17. The fraction of sp³-hybridized carbons (Fsp3) is 0.480. The fourth-order valence-electron chi connectivity index (χ4n) is 5.36. The van der Waals surface area contributed by atoms with Crippen molar-refractivity contribution in [3.63, 3.8) is 0 Å². The number of imidazole rings is 1. The Hall–Kier alpha value is -3.49. The summed E-state index contributed by atoms with van der Waals surface area (Å²) in [5, 5.41) is 25.5. The molecule has 2 aliphatic carbocycles. The molecule has 1 amide bonds. The first kappa shape index (κ1) is 25.2. The summed E-state index contributed by atoms with van der Waals surface area (Å²) < 4.78 is 16.8. The Morgan fingerprint density at radius 3 is 2.68 bits per heavy atom. The zero-order chi connectivity index (χ0) is 26.1. The van der Waals surface area contributed by atoms with Gasteiger partial charge in [0.05, 0.1) is 34.6 Å². The molecule has 0 bridgehead atoms. The maximum absolute atomic E-state index is 14.9. The van der Waals surface area contributed by atoms with E-state index in [-0.39, 0.29) is 46.3 Å². The molecule has 1 aromatic carbocycles. The van der Waals surface area contributed by atoms with E-state index in [2.05, 4.69) is 20.6 Å². The van der Waals surface area contributed by atoms with Crippen LogP contribution in [-0.4, -0.2) is 42.7 Å². The van der Waals surface area contributed by atoms with Gasteiger partial charge in [-0.1, -0.05) is 11.6 Å². The standard InChI is InChI=1S/C25H28ClFN8O2/c26-18-8-13(11-28)9-19(27)21(18)33-25-32-20-12-30-24(31-15-2-1-3-17(36)10-15)34-23(20)35(25)16-6-4-14(5-7-16)22(29)37/h8-9,12,14-17,36H,1-7,10H2,(H2,29,37)(H,32,33)(H,30,31,34)/t14-,15-,16+,17-/m0/s1. The van der Waals surface area contributed by atoms with Crippen molar-refractivity contribution in [3.8, 4) is 6.07 Å². The van der Waals surface area contributed by atoms with Crippen molar-refractivity contribution in [3.05, 3.63) is 34.7 Å². The Morgan fingerprint density at radius 1 is 1.22 bits per heavy atom. The second-order valence-electron chi connectivity index (χ2n) is 9.83. The number of hydrogen-bond acceptors (Lipinski definition) is 8. The van der Waals surface area contributed by atoms with Gasteiger partial charge < -0.3 is 21.5 Å². The Labute approximate surface area is 218 Å². The Kier molecular flexibility index (Phi) is 7.13. The van der Waals surface area contributed by atoms with Crippen molar-refractivity contribution in [2.45, 2.75) is 69.6 Å². The third-order valence-electron chi connectivity index (χ3n) is 7.28. The number of fused-ring (bicyclic) bond motifs is 1. The van der Waals surface area contributed by atoms with Crippen LogP contribution in [0.15, 0.2) is 18.3 Å². The van der Waals surface area contributed by atoms with Crippen LogP contribution < -0.4 is 16.4 Å². The van der Waals surface area contributed by atoms with Crippen molar-refractivity contribution < 1.29 is 14.3 Å². The molecule has 2 aliphatic rings. The lowest BCUT2D eigenvalue weighted by molar-refractivity contribution is -0.122. The predicted molar refractivity (Wildman–Crippen MR) is 137 cm³/mol. The molecule has 194 valence electrons. The van der Waals surface area contributed by atoms with Crippen LogP contribution in [0.1, 0.15) is 63.0 Å². The second kappa shape index (κ2) is 10.5. The number of benzene rings is 1. The summed E-state index contributed by atoms with van der Waals surface area (Å²) in [5.41, 5.74) is 6.72. The van der Waals surface area contributed by atoms with Crippen LogP contribution >= 0.6 is 11.6 Å². The number of nitriles is 1. The summed E-state index contributed by atoms with van der Waals surface area (Å²) in [6.45, 7) is 0. The number of nitrogens with one attached hydrogen (secondary N) is 2. The Bertz CT molecular complexity index is 1340. The lowest BCUT2D eigenvalue weighted by atomic mass is 9.85. The number of nitrogens with zero attached hydrogens (tertiary/aromatic N) is 5. The largest absolute Gasteiger partial charge is 0.393 e. The molecule has 5 N–H and O–H groups in total. The number of nitrogens with two attached hydrogens (primary N) is 1. The first-order chi connectivity index (χ1) is 17.8. The Morgan fingerprint density at radius 2 is 2.00 bits per heavy atom. The molecule has 5 rings (SSSR count). The van der Waals surface area contributed by atoms with Gasteiger partial charge in [0.25, 0.3) is 0 Å². The van der Waals surface area contributed by atoms with E-state index in [0.717, 1.165) is 25.3 Å². The third kappa shape index (κ3) is 5.31. The number of rotatable bonds is 6. The molecule has 0 unspecified atom stereocenters. The van der Waals surface area contributed by atoms with Crippen LogP contribution in [0.3, 0.4) is 0 Å². The molecule has 2 aromatic heterocycles. The number of anilines is 3. The topological polar surface area (TPSA) is 155 Å². The van der Waals surface area contributed by atoms with E-state index in [0.29, 0.717) is 55.2 Å². The highest BCUT2D eigenvalue weighted by Crippen LogP contribution is 2.38. The minimum atomic E-state index is -0.676. The maximum atomic E-state index is 14.9. The summed E-state index contributed by atoms with van der Waals surface area (Å²) in [5.74, 6) is -0.403. The Balaban J connectivity index is 1.52. The number of primary amides is 1. The van der Waals surface area contributed by atoms with Crippen LogP contribution in [0, 0.1) is 23.1 Å². The number of amides is 1. The highest BCUT2D eigenvalue weighted by atomic mass is 35.5. The van der Waals surface area contributed by atoms with E-state index in [1.54, 1.807) is 6.20 Å². The van der Waals surface area contributed by atoms with Crippen molar-refractivity contribution >= 4 is 46.3 Å². The van der Waals surface area contributed by atoms with Crippen LogP contribution in [0.2, 0.25) is 5.02 Å². The van der Waals surface area contributed by atoms with Gasteiger partial charge in [0.1, 0.15) is 11.3 Å². The van der Waals surface area contributed by atoms with E-state index >= 15 is 0 Å². The number of aliphatic hydroxyl groups excluding tert-OH is 1. The number of hydrogen-bond donors (Lipinski definition) is 4. The summed E-state index contributed by atoms with van der Waals surface area (Å²) >= 11 is 6.30. The van der Waals surface area contributed by atoms with Gasteiger partial charge in [-0.15, -0.1) is 0 Å². The van der Waals surface area contributed by atoms with E-state index in [1.165, 1.54) is 6.07 Å². The summed E-state index contributed by atoms with van der Waals surface area (Å²) in [6, 6.07) is 4.38. The average molecular weight is 527 g/mol. The number of carbonyl (C=O) groups excluding carboxylic acids is 1. The zero-order valence-corrected chi connectivity index (χ0v) is 20.9. The van der Waals surface area contributed by atoms with Gasteiger partial charge in [0.2, 0.25) is 17.8 Å². The molecule has 0 aliphatic heterocycles. The molecular weight excluding hydrogens is 499 g/mol. The van der Waals surface area contributed by atoms with Crippen molar-refractivity contribution in [1.29, 1.82) is 5.26 Å². The molecule has 2 saturated carbocycles. The number of carbonyl (C=O) groups is 1.